The van der Waals surface area contributed by atoms with Gasteiger partial charge in [0, 0.05) is 0 Å². The molecule has 2 rings (SSSR count). The average Bonchev–Trinajstić information content (AvgIpc) is 2.50. The summed E-state index contributed by atoms with van der Waals surface area (Å²) in [5.41, 5.74) is 5.51. The molecule has 0 radical (unpaired) electrons. The normalized spacial score (nSPS) is 21.1. The fourth-order valence-electron chi connectivity index (χ4n) is 2.62. The quantitative estimate of drug-likeness (QED) is 0.388. The number of benzene rings is 1. The molecule has 0 unspecified atom stereocenters. The van der Waals surface area contributed by atoms with Gasteiger partial charge >= 0.3 is 5.97 Å². The first-order valence-corrected chi connectivity index (χ1v) is 7.38. The van der Waals surface area contributed by atoms with Gasteiger partial charge in [-0.25, -0.2) is 0 Å². The first-order valence-electron chi connectivity index (χ1n) is 7.38. The number of esters is 1. The van der Waals surface area contributed by atoms with E-state index >= 15 is 0 Å². The van der Waals surface area contributed by atoms with E-state index in [2.05, 4.69) is 0 Å². The Balaban J connectivity index is 1.92. The monoisotopic (exact) mass is 308 g/mol. The summed E-state index contributed by atoms with van der Waals surface area (Å²) in [7, 11) is 0. The molecule has 22 heavy (non-hydrogen) atoms. The van der Waals surface area contributed by atoms with Gasteiger partial charge in [0.05, 0.1) is 29.6 Å². The second-order valence-electron chi connectivity index (χ2n) is 5.32. The van der Waals surface area contributed by atoms with E-state index in [0.717, 1.165) is 12.8 Å². The molecule has 1 aromatic carbocycles. The van der Waals surface area contributed by atoms with E-state index in [4.69, 9.17) is 15.2 Å². The molecule has 0 heterocycles. The van der Waals surface area contributed by atoms with Crippen LogP contribution in [0.4, 0.5) is 11.4 Å². The van der Waals surface area contributed by atoms with Gasteiger partial charge in [-0.2, -0.15) is 0 Å². The zero-order chi connectivity index (χ0) is 16.1. The predicted molar refractivity (Wildman–Crippen MR) is 80.5 cm³/mol. The van der Waals surface area contributed by atoms with E-state index in [1.54, 1.807) is 13.0 Å². The number of carbonyl (C=O) groups is 1. The second-order valence-corrected chi connectivity index (χ2v) is 5.32. The van der Waals surface area contributed by atoms with Gasteiger partial charge in [-0.1, -0.05) is 0 Å². The van der Waals surface area contributed by atoms with E-state index in [1.165, 1.54) is 12.1 Å². The summed E-state index contributed by atoms with van der Waals surface area (Å²) in [6, 6.07) is 4.43. The van der Waals surface area contributed by atoms with Crippen molar-refractivity contribution in [3.63, 3.8) is 0 Å². The molecule has 0 aromatic heterocycles. The van der Waals surface area contributed by atoms with Crippen LogP contribution in [-0.2, 0) is 9.53 Å². The molecular weight excluding hydrogens is 288 g/mol. The van der Waals surface area contributed by atoms with Gasteiger partial charge in [-0.05, 0) is 44.7 Å². The molecule has 7 heteroatoms. The summed E-state index contributed by atoms with van der Waals surface area (Å²) in [6.07, 6.45) is 2.82. The predicted octanol–water partition coefficient (Wildman–Crippen LogP) is 2.68. The molecular formula is C15H20N2O5. The highest BCUT2D eigenvalue weighted by Crippen LogP contribution is 2.31. The van der Waals surface area contributed by atoms with Crippen LogP contribution in [0.2, 0.25) is 0 Å². The third-order valence-corrected chi connectivity index (χ3v) is 3.80. The van der Waals surface area contributed by atoms with Gasteiger partial charge in [0.1, 0.15) is 11.4 Å². The molecule has 1 aliphatic carbocycles. The van der Waals surface area contributed by atoms with Crippen molar-refractivity contribution in [3.8, 4) is 5.75 Å². The zero-order valence-electron chi connectivity index (χ0n) is 12.5. The van der Waals surface area contributed by atoms with Gasteiger partial charge in [0.2, 0.25) is 0 Å². The van der Waals surface area contributed by atoms with Crippen molar-refractivity contribution < 1.29 is 19.2 Å². The van der Waals surface area contributed by atoms with Gasteiger partial charge in [-0.15, -0.1) is 0 Å². The number of nitrogens with two attached hydrogens (primary N) is 1. The Labute approximate surface area is 128 Å². The molecule has 1 aromatic rings. The van der Waals surface area contributed by atoms with Crippen LogP contribution in [-0.4, -0.2) is 23.6 Å². The fraction of sp³-hybridized carbons (Fsp3) is 0.533. The van der Waals surface area contributed by atoms with E-state index in [9.17, 15) is 14.9 Å². The number of hydrogen-bond acceptors (Lipinski definition) is 6. The van der Waals surface area contributed by atoms with Crippen LogP contribution in [0.3, 0.4) is 0 Å². The minimum atomic E-state index is -0.528. The van der Waals surface area contributed by atoms with E-state index < -0.39 is 4.92 Å². The van der Waals surface area contributed by atoms with Crippen molar-refractivity contribution in [2.24, 2.45) is 5.92 Å². The third-order valence-electron chi connectivity index (χ3n) is 3.80. The number of nitro groups is 1. The summed E-state index contributed by atoms with van der Waals surface area (Å²) < 4.78 is 10.8. The van der Waals surface area contributed by atoms with Crippen LogP contribution in [0.1, 0.15) is 32.6 Å². The molecule has 0 spiro atoms. The SMILES string of the molecule is CCOC(=O)C1CCC(Oc2ccc(N)c([N+](=O)[O-])c2)CC1. The number of ether oxygens (including phenoxy) is 2. The Morgan fingerprint density at radius 1 is 1.36 bits per heavy atom. The highest BCUT2D eigenvalue weighted by atomic mass is 16.6. The number of anilines is 1. The van der Waals surface area contributed by atoms with E-state index in [1.807, 2.05) is 0 Å². The Hall–Kier alpha value is -2.31. The first-order chi connectivity index (χ1) is 10.5. The van der Waals surface area contributed by atoms with Gasteiger partial charge < -0.3 is 15.2 Å². The van der Waals surface area contributed by atoms with Crippen molar-refractivity contribution >= 4 is 17.3 Å². The lowest BCUT2D eigenvalue weighted by Gasteiger charge is -2.27. The molecule has 0 bridgehead atoms. The first kappa shape index (κ1) is 16.1. The zero-order valence-corrected chi connectivity index (χ0v) is 12.5. The van der Waals surface area contributed by atoms with Gasteiger partial charge in [-0.3, -0.25) is 14.9 Å². The Bertz CT molecular complexity index is 553. The minimum absolute atomic E-state index is 0.0473. The number of rotatable bonds is 5. The molecule has 0 amide bonds. The second kappa shape index (κ2) is 7.11. The molecule has 1 saturated carbocycles. The molecule has 7 nitrogen and oxygen atoms in total. The molecule has 120 valence electrons. The van der Waals surface area contributed by atoms with Crippen LogP contribution >= 0.6 is 0 Å². The Morgan fingerprint density at radius 2 is 2.05 bits per heavy atom. The van der Waals surface area contributed by atoms with Crippen LogP contribution in [0.5, 0.6) is 5.75 Å². The molecule has 1 fully saturated rings. The van der Waals surface area contributed by atoms with Gasteiger partial charge in [0.15, 0.2) is 0 Å². The minimum Gasteiger partial charge on any atom is -0.490 e. The van der Waals surface area contributed by atoms with Crippen LogP contribution in [0, 0.1) is 16.0 Å². The summed E-state index contributed by atoms with van der Waals surface area (Å²) in [5.74, 6) is 0.213. The maximum Gasteiger partial charge on any atom is 0.308 e. The molecule has 0 atom stereocenters. The van der Waals surface area contributed by atoms with Crippen molar-refractivity contribution in [3.05, 3.63) is 28.3 Å². The third kappa shape index (κ3) is 3.87. The Kier molecular flexibility index (Phi) is 5.19. The lowest BCUT2D eigenvalue weighted by Crippen LogP contribution is -2.29. The van der Waals surface area contributed by atoms with Crippen molar-refractivity contribution in [2.45, 2.75) is 38.7 Å². The van der Waals surface area contributed by atoms with E-state index in [-0.39, 0.29) is 29.4 Å². The standard InChI is InChI=1S/C15H20N2O5/c1-2-21-15(18)10-3-5-11(6-4-10)22-12-7-8-13(16)14(9-12)17(19)20/h7-11H,2-6,16H2,1H3. The number of hydrogen-bond donors (Lipinski definition) is 1. The Morgan fingerprint density at radius 3 is 2.64 bits per heavy atom. The largest absolute Gasteiger partial charge is 0.490 e. The lowest BCUT2D eigenvalue weighted by molar-refractivity contribution is -0.384. The van der Waals surface area contributed by atoms with Crippen LogP contribution < -0.4 is 10.5 Å². The van der Waals surface area contributed by atoms with Gasteiger partial charge in [0.25, 0.3) is 5.69 Å². The number of nitrogen functional groups attached to an aromatic ring is 1. The van der Waals surface area contributed by atoms with Crippen molar-refractivity contribution in [2.75, 3.05) is 12.3 Å². The summed E-state index contributed by atoms with van der Waals surface area (Å²) in [5, 5.41) is 10.9. The topological polar surface area (TPSA) is 105 Å². The molecule has 1 aliphatic rings. The van der Waals surface area contributed by atoms with E-state index in [0.29, 0.717) is 25.2 Å². The average molecular weight is 308 g/mol. The molecule has 0 aliphatic heterocycles. The highest BCUT2D eigenvalue weighted by molar-refractivity contribution is 5.72. The number of nitrogens with zero attached hydrogens (tertiary/aromatic N) is 1. The van der Waals surface area contributed by atoms with Crippen LogP contribution in [0.15, 0.2) is 18.2 Å². The summed E-state index contributed by atoms with van der Waals surface area (Å²) in [4.78, 5) is 22.0. The molecule has 2 N–H and O–H groups in total. The van der Waals surface area contributed by atoms with Crippen molar-refractivity contribution in [1.29, 1.82) is 0 Å². The lowest BCUT2D eigenvalue weighted by atomic mass is 9.87. The highest BCUT2D eigenvalue weighted by Gasteiger charge is 2.28. The number of carbonyl (C=O) groups excluding carboxylic acids is 1. The maximum absolute atomic E-state index is 11.7. The fourth-order valence-corrected chi connectivity index (χ4v) is 2.62. The summed E-state index contributed by atoms with van der Waals surface area (Å²) >= 11 is 0. The number of nitro benzene ring substituents is 1. The maximum atomic E-state index is 11.7. The van der Waals surface area contributed by atoms with Crippen molar-refractivity contribution in [1.82, 2.24) is 0 Å². The summed E-state index contributed by atoms with van der Waals surface area (Å²) in [6.45, 7) is 2.19. The van der Waals surface area contributed by atoms with Crippen LogP contribution in [0.25, 0.3) is 0 Å². The molecule has 0 saturated heterocycles. The smallest absolute Gasteiger partial charge is 0.308 e.